The summed E-state index contributed by atoms with van der Waals surface area (Å²) >= 11 is 0. The second kappa shape index (κ2) is 6.43. The second-order valence-corrected chi connectivity index (χ2v) is 4.56. The van der Waals surface area contributed by atoms with Gasteiger partial charge >= 0.3 is 5.97 Å². The number of carboxylic acid groups (broad SMARTS) is 1. The van der Waals surface area contributed by atoms with Gasteiger partial charge in [0.15, 0.2) is 11.5 Å². The van der Waals surface area contributed by atoms with Crippen LogP contribution in [0.5, 0.6) is 11.5 Å². The molecule has 0 aromatic heterocycles. The van der Waals surface area contributed by atoms with Crippen LogP contribution >= 0.6 is 0 Å². The Labute approximate surface area is 112 Å². The summed E-state index contributed by atoms with van der Waals surface area (Å²) in [6, 6.07) is 4.91. The summed E-state index contributed by atoms with van der Waals surface area (Å²) < 4.78 is 11.1. The Hall–Kier alpha value is -1.75. The highest BCUT2D eigenvalue weighted by molar-refractivity contribution is 5.92. The van der Waals surface area contributed by atoms with E-state index in [0.29, 0.717) is 11.5 Å². The zero-order chi connectivity index (χ0) is 13.7. The number of nitrogens with one attached hydrogen (secondary N) is 1. The molecule has 0 saturated carbocycles. The maximum atomic E-state index is 11.3. The number of hydrogen-bond acceptors (Lipinski definition) is 4. The first-order chi connectivity index (χ1) is 9.22. The summed E-state index contributed by atoms with van der Waals surface area (Å²) in [6.45, 7) is 1.87. The lowest BCUT2D eigenvalue weighted by atomic mass is 10.1. The van der Waals surface area contributed by atoms with Gasteiger partial charge in [0.25, 0.3) is 0 Å². The van der Waals surface area contributed by atoms with Gasteiger partial charge in [-0.2, -0.15) is 0 Å². The van der Waals surface area contributed by atoms with E-state index in [9.17, 15) is 9.90 Å². The van der Waals surface area contributed by atoms with E-state index >= 15 is 0 Å². The molecule has 0 amide bonds. The number of ether oxygens (including phenoxy) is 2. The van der Waals surface area contributed by atoms with Crippen LogP contribution in [0.1, 0.15) is 29.6 Å². The Morgan fingerprint density at radius 2 is 2.21 bits per heavy atom. The number of para-hydroxylation sites is 1. The van der Waals surface area contributed by atoms with Crippen molar-refractivity contribution in [1.29, 1.82) is 0 Å². The van der Waals surface area contributed by atoms with Crippen LogP contribution in [0.2, 0.25) is 0 Å². The summed E-state index contributed by atoms with van der Waals surface area (Å²) in [4.78, 5) is 11.3. The van der Waals surface area contributed by atoms with Crippen LogP contribution in [0.3, 0.4) is 0 Å². The molecule has 19 heavy (non-hydrogen) atoms. The number of methoxy groups -OCH3 is 1. The molecule has 2 rings (SSSR count). The molecular formula is C14H19NO4. The lowest BCUT2D eigenvalue weighted by Gasteiger charge is -2.20. The lowest BCUT2D eigenvalue weighted by Crippen LogP contribution is -2.20. The normalized spacial score (nSPS) is 19.5. The average Bonchev–Trinajstić information content (AvgIpc) is 2.67. The van der Waals surface area contributed by atoms with Gasteiger partial charge in [-0.05, 0) is 44.5 Å². The first-order valence-electron chi connectivity index (χ1n) is 6.50. The molecule has 1 fully saturated rings. The summed E-state index contributed by atoms with van der Waals surface area (Å²) in [5, 5.41) is 12.5. The molecular weight excluding hydrogens is 246 g/mol. The number of rotatable bonds is 4. The van der Waals surface area contributed by atoms with Gasteiger partial charge in [-0.25, -0.2) is 4.79 Å². The minimum atomic E-state index is -0.999. The molecule has 1 heterocycles. The maximum Gasteiger partial charge on any atom is 0.339 e. The highest BCUT2D eigenvalue weighted by Gasteiger charge is 2.21. The van der Waals surface area contributed by atoms with Crippen LogP contribution in [-0.2, 0) is 0 Å². The lowest BCUT2D eigenvalue weighted by molar-refractivity contribution is 0.0687. The number of carbonyl (C=O) groups is 1. The van der Waals surface area contributed by atoms with E-state index in [1.165, 1.54) is 13.2 Å². The molecule has 0 radical (unpaired) electrons. The first kappa shape index (κ1) is 13.7. The minimum Gasteiger partial charge on any atom is -0.493 e. The summed E-state index contributed by atoms with van der Waals surface area (Å²) in [7, 11) is 1.52. The van der Waals surface area contributed by atoms with E-state index in [1.807, 2.05) is 0 Å². The third-order valence-corrected chi connectivity index (χ3v) is 3.24. The Morgan fingerprint density at radius 1 is 1.37 bits per heavy atom. The van der Waals surface area contributed by atoms with Gasteiger partial charge in [-0.15, -0.1) is 0 Å². The van der Waals surface area contributed by atoms with Gasteiger partial charge in [-0.3, -0.25) is 0 Å². The van der Waals surface area contributed by atoms with Crippen molar-refractivity contribution in [2.75, 3.05) is 20.2 Å². The number of aromatic carboxylic acids is 1. The number of benzene rings is 1. The van der Waals surface area contributed by atoms with Crippen molar-refractivity contribution in [3.05, 3.63) is 23.8 Å². The van der Waals surface area contributed by atoms with E-state index in [2.05, 4.69) is 5.32 Å². The molecule has 0 spiro atoms. The van der Waals surface area contributed by atoms with Crippen LogP contribution in [0.25, 0.3) is 0 Å². The third kappa shape index (κ3) is 3.38. The highest BCUT2D eigenvalue weighted by Crippen LogP contribution is 2.33. The fraction of sp³-hybridized carbons (Fsp3) is 0.500. The van der Waals surface area contributed by atoms with Crippen molar-refractivity contribution in [1.82, 2.24) is 5.32 Å². The van der Waals surface area contributed by atoms with E-state index in [-0.39, 0.29) is 11.7 Å². The van der Waals surface area contributed by atoms with E-state index in [4.69, 9.17) is 9.47 Å². The predicted molar refractivity (Wildman–Crippen MR) is 71.1 cm³/mol. The van der Waals surface area contributed by atoms with Gasteiger partial charge in [0, 0.05) is 0 Å². The molecule has 1 unspecified atom stereocenters. The monoisotopic (exact) mass is 265 g/mol. The van der Waals surface area contributed by atoms with Crippen molar-refractivity contribution in [3.63, 3.8) is 0 Å². The predicted octanol–water partition coefficient (Wildman–Crippen LogP) is 1.91. The van der Waals surface area contributed by atoms with E-state index < -0.39 is 5.97 Å². The average molecular weight is 265 g/mol. The van der Waals surface area contributed by atoms with Crippen LogP contribution in [0.15, 0.2) is 18.2 Å². The van der Waals surface area contributed by atoms with Crippen molar-refractivity contribution in [2.24, 2.45) is 0 Å². The smallest absolute Gasteiger partial charge is 0.339 e. The Morgan fingerprint density at radius 3 is 2.95 bits per heavy atom. The SMILES string of the molecule is COc1cccc(C(=O)O)c1OC1CCCNCC1. The van der Waals surface area contributed by atoms with Crippen molar-refractivity contribution < 1.29 is 19.4 Å². The molecule has 0 bridgehead atoms. The molecule has 1 aliphatic heterocycles. The molecule has 0 aliphatic carbocycles. The van der Waals surface area contributed by atoms with Crippen LogP contribution < -0.4 is 14.8 Å². The topological polar surface area (TPSA) is 67.8 Å². The van der Waals surface area contributed by atoms with Crippen LogP contribution in [-0.4, -0.2) is 37.4 Å². The standard InChI is InChI=1S/C14H19NO4/c1-18-12-6-2-5-11(14(16)17)13(12)19-10-4-3-8-15-9-7-10/h2,5-6,10,15H,3-4,7-9H2,1H3,(H,16,17). The van der Waals surface area contributed by atoms with Gasteiger partial charge in [0.2, 0.25) is 0 Å². The zero-order valence-electron chi connectivity index (χ0n) is 11.0. The van der Waals surface area contributed by atoms with E-state index in [1.54, 1.807) is 12.1 Å². The largest absolute Gasteiger partial charge is 0.493 e. The number of hydrogen-bond donors (Lipinski definition) is 2. The molecule has 1 atom stereocenters. The molecule has 104 valence electrons. The maximum absolute atomic E-state index is 11.3. The molecule has 1 saturated heterocycles. The third-order valence-electron chi connectivity index (χ3n) is 3.24. The molecule has 2 N–H and O–H groups in total. The van der Waals surface area contributed by atoms with Crippen LogP contribution in [0.4, 0.5) is 0 Å². The Balaban J connectivity index is 2.23. The fourth-order valence-corrected chi connectivity index (χ4v) is 2.24. The second-order valence-electron chi connectivity index (χ2n) is 4.56. The van der Waals surface area contributed by atoms with Gasteiger partial charge in [0.1, 0.15) is 11.7 Å². The van der Waals surface area contributed by atoms with Crippen molar-refractivity contribution in [3.8, 4) is 11.5 Å². The summed E-state index contributed by atoms with van der Waals surface area (Å²) in [5.41, 5.74) is 0.150. The zero-order valence-corrected chi connectivity index (χ0v) is 11.0. The Kier molecular flexibility index (Phi) is 4.63. The van der Waals surface area contributed by atoms with Gasteiger partial charge in [-0.1, -0.05) is 6.07 Å². The quantitative estimate of drug-likeness (QED) is 0.870. The highest BCUT2D eigenvalue weighted by atomic mass is 16.5. The fourth-order valence-electron chi connectivity index (χ4n) is 2.24. The minimum absolute atomic E-state index is 0.0319. The van der Waals surface area contributed by atoms with E-state index in [0.717, 1.165) is 32.4 Å². The molecule has 1 aromatic rings. The van der Waals surface area contributed by atoms with Crippen LogP contribution in [0, 0.1) is 0 Å². The van der Waals surface area contributed by atoms with Gasteiger partial charge < -0.3 is 19.9 Å². The Bertz CT molecular complexity index is 439. The van der Waals surface area contributed by atoms with Gasteiger partial charge in [0.05, 0.1) is 7.11 Å². The summed E-state index contributed by atoms with van der Waals surface area (Å²) in [5.74, 6) is -0.192. The van der Waals surface area contributed by atoms with Crippen molar-refractivity contribution >= 4 is 5.97 Å². The number of carboxylic acids is 1. The van der Waals surface area contributed by atoms with Crippen molar-refractivity contribution in [2.45, 2.75) is 25.4 Å². The molecule has 1 aliphatic rings. The molecule has 1 aromatic carbocycles. The molecule has 5 nitrogen and oxygen atoms in total. The first-order valence-corrected chi connectivity index (χ1v) is 6.50. The molecule has 5 heteroatoms. The summed E-state index contributed by atoms with van der Waals surface area (Å²) in [6.07, 6.45) is 2.85.